The molecule has 0 aliphatic heterocycles. The Morgan fingerprint density at radius 3 is 2.45 bits per heavy atom. The first kappa shape index (κ1) is 18.6. The second kappa shape index (κ2) is 8.10. The third-order valence-electron chi connectivity index (χ3n) is 4.55. The highest BCUT2D eigenvalue weighted by Crippen LogP contribution is 2.22. The zero-order chi connectivity index (χ0) is 20.2. The molecule has 4 rings (SSSR count). The van der Waals surface area contributed by atoms with E-state index in [4.69, 9.17) is 4.74 Å². The molecule has 0 spiro atoms. The van der Waals surface area contributed by atoms with E-state index in [2.05, 4.69) is 20.4 Å². The first-order chi connectivity index (χ1) is 14.1. The van der Waals surface area contributed by atoms with Gasteiger partial charge >= 0.3 is 5.97 Å². The van der Waals surface area contributed by atoms with Crippen LogP contribution < -0.4 is 5.32 Å². The number of esters is 1. The molecule has 0 bridgehead atoms. The van der Waals surface area contributed by atoms with Gasteiger partial charge in [0.25, 0.3) is 5.78 Å². The molecule has 0 saturated carbocycles. The van der Waals surface area contributed by atoms with Gasteiger partial charge in [-0.3, -0.25) is 0 Å². The van der Waals surface area contributed by atoms with Gasteiger partial charge in [-0.05, 0) is 18.1 Å². The van der Waals surface area contributed by atoms with Gasteiger partial charge in [0.05, 0.1) is 7.11 Å². The summed E-state index contributed by atoms with van der Waals surface area (Å²) in [6.45, 7) is 1.88. The second-order valence-corrected chi connectivity index (χ2v) is 6.70. The minimum Gasteiger partial charge on any atom is -0.467 e. The molecule has 0 aliphatic rings. The third-order valence-corrected chi connectivity index (χ3v) is 4.55. The minimum atomic E-state index is -0.673. The number of hydrogen-bond donors (Lipinski definition) is 1. The van der Waals surface area contributed by atoms with Gasteiger partial charge in [-0.2, -0.15) is 9.50 Å². The molecule has 1 unspecified atom stereocenters. The number of carbonyl (C=O) groups is 1. The van der Waals surface area contributed by atoms with Gasteiger partial charge in [0.2, 0.25) is 0 Å². The Kier molecular flexibility index (Phi) is 5.20. The Balaban J connectivity index is 1.71. The largest absolute Gasteiger partial charge is 0.467 e. The lowest BCUT2D eigenvalue weighted by molar-refractivity contribution is -0.141. The van der Waals surface area contributed by atoms with Crippen LogP contribution in [0.5, 0.6) is 0 Å². The zero-order valence-electron chi connectivity index (χ0n) is 16.2. The molecule has 7 nitrogen and oxygen atoms in total. The van der Waals surface area contributed by atoms with Crippen molar-refractivity contribution in [3.05, 3.63) is 89.4 Å². The number of rotatable bonds is 6. The topological polar surface area (TPSA) is 81.4 Å². The third kappa shape index (κ3) is 4.08. The lowest BCUT2D eigenvalue weighted by Gasteiger charge is -2.18. The van der Waals surface area contributed by atoms with Gasteiger partial charge in [-0.15, -0.1) is 5.10 Å². The van der Waals surface area contributed by atoms with E-state index in [0.29, 0.717) is 23.8 Å². The highest BCUT2D eigenvalue weighted by Gasteiger charge is 2.23. The molecule has 0 aliphatic carbocycles. The molecule has 1 atom stereocenters. The number of nitrogens with zero attached hydrogens (tertiary/aromatic N) is 4. The Labute approximate surface area is 168 Å². The van der Waals surface area contributed by atoms with Crippen molar-refractivity contribution < 1.29 is 9.53 Å². The number of fused-ring (bicyclic) bond motifs is 1. The minimum absolute atomic E-state index is 0.386. The molecule has 0 radical (unpaired) electrons. The fourth-order valence-corrected chi connectivity index (χ4v) is 3.17. The van der Waals surface area contributed by atoms with E-state index in [1.807, 2.05) is 73.7 Å². The second-order valence-electron chi connectivity index (χ2n) is 6.70. The van der Waals surface area contributed by atoms with Crippen molar-refractivity contribution in [2.75, 3.05) is 12.4 Å². The number of carbonyl (C=O) groups excluding carboxylic acids is 1. The number of aryl methyl sites for hydroxylation is 1. The summed E-state index contributed by atoms with van der Waals surface area (Å²) in [7, 11) is 1.38. The van der Waals surface area contributed by atoms with Gasteiger partial charge in [-0.25, -0.2) is 9.78 Å². The van der Waals surface area contributed by atoms with Gasteiger partial charge in [-0.1, -0.05) is 60.7 Å². The Bertz CT molecular complexity index is 1130. The van der Waals surface area contributed by atoms with Crippen molar-refractivity contribution in [2.24, 2.45) is 0 Å². The maximum atomic E-state index is 12.4. The average Bonchev–Trinajstić information content (AvgIpc) is 3.14. The van der Waals surface area contributed by atoms with E-state index in [0.717, 1.165) is 16.8 Å². The first-order valence-corrected chi connectivity index (χ1v) is 9.30. The Morgan fingerprint density at radius 1 is 1.07 bits per heavy atom. The van der Waals surface area contributed by atoms with Crippen LogP contribution in [0.25, 0.3) is 5.78 Å². The summed E-state index contributed by atoms with van der Waals surface area (Å²) < 4.78 is 6.63. The van der Waals surface area contributed by atoms with Crippen molar-refractivity contribution in [1.29, 1.82) is 0 Å². The van der Waals surface area contributed by atoms with Crippen LogP contribution in [-0.4, -0.2) is 32.7 Å². The zero-order valence-corrected chi connectivity index (χ0v) is 16.2. The quantitative estimate of drug-likeness (QED) is 0.511. The molecule has 0 amide bonds. The summed E-state index contributed by atoms with van der Waals surface area (Å²) in [6, 6.07) is 20.6. The average molecular weight is 387 g/mol. The first-order valence-electron chi connectivity index (χ1n) is 9.30. The highest BCUT2D eigenvalue weighted by molar-refractivity contribution is 5.80. The number of ether oxygens (including phenoxy) is 1. The summed E-state index contributed by atoms with van der Waals surface area (Å²) in [5.74, 6) is 1.38. The van der Waals surface area contributed by atoms with E-state index >= 15 is 0 Å². The highest BCUT2D eigenvalue weighted by atomic mass is 16.5. The summed E-state index contributed by atoms with van der Waals surface area (Å²) in [5.41, 5.74) is 2.69. The summed E-state index contributed by atoms with van der Waals surface area (Å²) in [6.07, 6.45) is 0.599. The van der Waals surface area contributed by atoms with Crippen molar-refractivity contribution in [3.8, 4) is 0 Å². The number of methoxy groups -OCH3 is 1. The fourth-order valence-electron chi connectivity index (χ4n) is 3.17. The predicted octanol–water partition coefficient (Wildman–Crippen LogP) is 3.35. The molecular formula is C22H21N5O2. The van der Waals surface area contributed by atoms with E-state index in [1.165, 1.54) is 7.11 Å². The number of hydrogen-bond acceptors (Lipinski definition) is 6. The van der Waals surface area contributed by atoms with Crippen molar-refractivity contribution in [2.45, 2.75) is 19.4 Å². The van der Waals surface area contributed by atoms with Gasteiger partial charge < -0.3 is 10.1 Å². The number of benzene rings is 2. The monoisotopic (exact) mass is 387 g/mol. The molecule has 146 valence electrons. The fraction of sp³-hybridized carbons (Fsp3) is 0.182. The maximum Gasteiger partial charge on any atom is 0.333 e. The maximum absolute atomic E-state index is 12.4. The van der Waals surface area contributed by atoms with Crippen LogP contribution in [0.1, 0.15) is 28.7 Å². The van der Waals surface area contributed by atoms with Crippen LogP contribution in [-0.2, 0) is 16.0 Å². The SMILES string of the molecule is COC(=O)C(Nc1cc(C)nc2nc(Cc3ccccc3)nn12)c1ccccc1. The van der Waals surface area contributed by atoms with Crippen LogP contribution in [0.3, 0.4) is 0 Å². The number of anilines is 1. The van der Waals surface area contributed by atoms with Crippen molar-refractivity contribution in [3.63, 3.8) is 0 Å². The van der Waals surface area contributed by atoms with Crippen LogP contribution in [0.15, 0.2) is 66.7 Å². The molecule has 29 heavy (non-hydrogen) atoms. The van der Waals surface area contributed by atoms with Gasteiger partial charge in [0.15, 0.2) is 11.9 Å². The summed E-state index contributed by atoms with van der Waals surface area (Å²) in [4.78, 5) is 21.5. The molecule has 2 aromatic carbocycles. The Morgan fingerprint density at radius 2 is 1.76 bits per heavy atom. The molecule has 4 aromatic rings. The predicted molar refractivity (Wildman–Crippen MR) is 110 cm³/mol. The number of aromatic nitrogens is 4. The lowest BCUT2D eigenvalue weighted by Crippen LogP contribution is -2.23. The van der Waals surface area contributed by atoms with Gasteiger partial charge in [0.1, 0.15) is 5.82 Å². The number of nitrogens with one attached hydrogen (secondary N) is 1. The molecular weight excluding hydrogens is 366 g/mol. The summed E-state index contributed by atoms with van der Waals surface area (Å²) in [5, 5.41) is 7.86. The van der Waals surface area contributed by atoms with Crippen LogP contribution in [0.4, 0.5) is 5.82 Å². The molecule has 0 fully saturated rings. The van der Waals surface area contributed by atoms with E-state index in [1.54, 1.807) is 4.52 Å². The van der Waals surface area contributed by atoms with E-state index in [-0.39, 0.29) is 5.97 Å². The van der Waals surface area contributed by atoms with E-state index in [9.17, 15) is 4.79 Å². The normalized spacial score (nSPS) is 11.9. The molecule has 2 aromatic heterocycles. The summed E-state index contributed by atoms with van der Waals surface area (Å²) >= 11 is 0. The van der Waals surface area contributed by atoms with Gasteiger partial charge in [0, 0.05) is 18.2 Å². The molecule has 0 saturated heterocycles. The molecule has 2 heterocycles. The smallest absolute Gasteiger partial charge is 0.333 e. The molecule has 1 N–H and O–H groups in total. The standard InChI is InChI=1S/C22H21N5O2/c1-15-13-19(25-20(21(28)29-2)17-11-7-4-8-12-17)27-22(23-15)24-18(26-27)14-16-9-5-3-6-10-16/h3-13,20,25H,14H2,1-2H3. The van der Waals surface area contributed by atoms with Crippen LogP contribution in [0, 0.1) is 6.92 Å². The van der Waals surface area contributed by atoms with Crippen LogP contribution >= 0.6 is 0 Å². The molecule has 7 heteroatoms. The van der Waals surface area contributed by atoms with Crippen molar-refractivity contribution in [1.82, 2.24) is 19.6 Å². The Hall–Kier alpha value is -3.74. The van der Waals surface area contributed by atoms with E-state index < -0.39 is 6.04 Å². The van der Waals surface area contributed by atoms with Crippen LogP contribution in [0.2, 0.25) is 0 Å². The van der Waals surface area contributed by atoms with Crippen molar-refractivity contribution >= 4 is 17.6 Å². The lowest BCUT2D eigenvalue weighted by atomic mass is 10.1.